The van der Waals surface area contributed by atoms with E-state index in [-0.39, 0.29) is 57.2 Å². The third kappa shape index (κ3) is 3.52. The molecule has 0 atom stereocenters. The lowest BCUT2D eigenvalue weighted by molar-refractivity contribution is 0.277. The first-order valence-electron chi connectivity index (χ1n) is 10.2. The zero-order chi connectivity index (χ0) is 23.8. The minimum absolute atomic E-state index is 0.0181. The number of halogens is 1. The molecule has 0 fully saturated rings. The molecule has 4 heterocycles. The minimum atomic E-state index is -0.764. The predicted molar refractivity (Wildman–Crippen MR) is 119 cm³/mol. The number of hydrogen-bond acceptors (Lipinski definition) is 9. The van der Waals surface area contributed by atoms with Crippen LogP contribution in [0.3, 0.4) is 0 Å². The van der Waals surface area contributed by atoms with E-state index in [2.05, 4.69) is 25.1 Å². The molecule has 3 N–H and O–H groups in total. The molecule has 0 unspecified atom stereocenters. The van der Waals surface area contributed by atoms with Gasteiger partial charge in [-0.3, -0.25) is 4.98 Å². The van der Waals surface area contributed by atoms with Gasteiger partial charge in [0, 0.05) is 18.7 Å². The van der Waals surface area contributed by atoms with E-state index >= 15 is 4.39 Å². The number of rotatable bonds is 5. The molecule has 0 saturated heterocycles. The Bertz CT molecular complexity index is 1570. The number of aliphatic hydroxyl groups is 1. The van der Waals surface area contributed by atoms with E-state index in [1.54, 1.807) is 25.3 Å². The Hall–Kier alpha value is -4.69. The largest absolute Gasteiger partial charge is 0.440 e. The van der Waals surface area contributed by atoms with Gasteiger partial charge in [0.2, 0.25) is 0 Å². The molecular formula is C23H17FN8O2. The molecule has 4 aromatic heterocycles. The van der Waals surface area contributed by atoms with Gasteiger partial charge in [-0.1, -0.05) is 12.1 Å². The maximum atomic E-state index is 15.2. The van der Waals surface area contributed by atoms with Gasteiger partial charge in [0.05, 0.1) is 29.1 Å². The van der Waals surface area contributed by atoms with Gasteiger partial charge in [0.1, 0.15) is 29.6 Å². The summed E-state index contributed by atoms with van der Waals surface area (Å²) in [6.07, 6.45) is 1.66. The predicted octanol–water partition coefficient (Wildman–Crippen LogP) is 2.99. The highest BCUT2D eigenvalue weighted by Gasteiger charge is 2.27. The number of oxazole rings is 1. The maximum Gasteiger partial charge on any atom is 0.192 e. The number of aryl methyl sites for hydroxylation is 1. The highest BCUT2D eigenvalue weighted by atomic mass is 19.1. The van der Waals surface area contributed by atoms with Crippen LogP contribution in [0.5, 0.6) is 0 Å². The molecular weight excluding hydrogens is 439 g/mol. The van der Waals surface area contributed by atoms with Gasteiger partial charge in [-0.25, -0.2) is 14.4 Å². The third-order valence-corrected chi connectivity index (χ3v) is 5.19. The van der Waals surface area contributed by atoms with Crippen molar-refractivity contribution in [3.8, 4) is 28.7 Å². The molecule has 0 amide bonds. The molecule has 10 nitrogen and oxygen atoms in total. The Morgan fingerprint density at radius 1 is 1.15 bits per heavy atom. The van der Waals surface area contributed by atoms with E-state index in [0.29, 0.717) is 5.89 Å². The topological polar surface area (TPSA) is 153 Å². The van der Waals surface area contributed by atoms with Crippen LogP contribution in [0, 0.1) is 24.1 Å². The van der Waals surface area contributed by atoms with Crippen molar-refractivity contribution in [3.05, 3.63) is 71.3 Å². The van der Waals surface area contributed by atoms with Crippen molar-refractivity contribution in [1.82, 2.24) is 29.9 Å². The monoisotopic (exact) mass is 456 g/mol. The molecule has 11 heteroatoms. The van der Waals surface area contributed by atoms with Crippen LogP contribution >= 0.6 is 0 Å². The van der Waals surface area contributed by atoms with Gasteiger partial charge in [-0.15, -0.1) is 5.10 Å². The van der Waals surface area contributed by atoms with E-state index in [1.807, 2.05) is 18.2 Å². The maximum absolute atomic E-state index is 15.2. The first-order valence-corrected chi connectivity index (χ1v) is 10.2. The second kappa shape index (κ2) is 8.34. The molecule has 34 heavy (non-hydrogen) atoms. The average molecular weight is 456 g/mol. The lowest BCUT2D eigenvalue weighted by atomic mass is 9.99. The number of aliphatic hydroxyl groups excluding tert-OH is 1. The van der Waals surface area contributed by atoms with Gasteiger partial charge in [0.25, 0.3) is 0 Å². The number of nitrogens with two attached hydrogens (primary N) is 1. The highest BCUT2D eigenvalue weighted by Crippen LogP contribution is 2.40. The number of nitrogen functional groups attached to an aromatic ring is 1. The fourth-order valence-electron chi connectivity index (χ4n) is 3.72. The molecule has 0 saturated carbocycles. The van der Waals surface area contributed by atoms with E-state index in [9.17, 15) is 10.4 Å². The smallest absolute Gasteiger partial charge is 0.192 e. The van der Waals surface area contributed by atoms with Crippen LogP contribution in [0.2, 0.25) is 0 Å². The average Bonchev–Trinajstić information content (AvgIpc) is 3.43. The zero-order valence-corrected chi connectivity index (χ0v) is 17.9. The van der Waals surface area contributed by atoms with Crippen molar-refractivity contribution in [3.63, 3.8) is 0 Å². The van der Waals surface area contributed by atoms with Gasteiger partial charge in [-0.05, 0) is 24.3 Å². The Kier molecular flexibility index (Phi) is 5.19. The highest BCUT2D eigenvalue weighted by molar-refractivity contribution is 6.02. The van der Waals surface area contributed by atoms with Gasteiger partial charge in [0.15, 0.2) is 23.0 Å². The minimum Gasteiger partial charge on any atom is -0.440 e. The van der Waals surface area contributed by atoms with Crippen molar-refractivity contribution in [1.29, 1.82) is 5.26 Å². The van der Waals surface area contributed by atoms with Crippen LogP contribution in [0.25, 0.3) is 33.6 Å². The summed E-state index contributed by atoms with van der Waals surface area (Å²) in [7, 11) is 0. The van der Waals surface area contributed by atoms with Crippen LogP contribution < -0.4 is 5.73 Å². The van der Waals surface area contributed by atoms with Crippen molar-refractivity contribution in [2.24, 2.45) is 0 Å². The Balaban J connectivity index is 1.82. The lowest BCUT2D eigenvalue weighted by Crippen LogP contribution is -2.05. The molecule has 5 aromatic rings. The van der Waals surface area contributed by atoms with Crippen molar-refractivity contribution < 1.29 is 13.9 Å². The Morgan fingerprint density at radius 3 is 2.71 bits per heavy atom. The van der Waals surface area contributed by atoms with Crippen LogP contribution in [0.4, 0.5) is 10.2 Å². The summed E-state index contributed by atoms with van der Waals surface area (Å²) in [4.78, 5) is 14.3. The fourth-order valence-corrected chi connectivity index (χ4v) is 3.72. The van der Waals surface area contributed by atoms with Crippen molar-refractivity contribution in [2.45, 2.75) is 20.1 Å². The number of nitrogens with zero attached hydrogens (tertiary/aromatic N) is 7. The molecule has 5 rings (SSSR count). The summed E-state index contributed by atoms with van der Waals surface area (Å²) in [5, 5.41) is 28.2. The van der Waals surface area contributed by atoms with E-state index < -0.39 is 12.4 Å². The standard InChI is InChI=1S/C23H17FN8O2/c1-12-28-16(11-33)22(34-12)17-19(15-7-4-5-13(9-25)18(15)24)29-23(26)21-20(17)30-32(31-21)10-14-6-2-3-8-27-14/h2-8,33H,10-11H2,1H3,(H2,26,29). The number of aromatic nitrogens is 6. The zero-order valence-electron chi connectivity index (χ0n) is 17.9. The number of pyridine rings is 2. The van der Waals surface area contributed by atoms with Gasteiger partial charge < -0.3 is 15.3 Å². The second-order valence-electron chi connectivity index (χ2n) is 7.42. The quantitative estimate of drug-likeness (QED) is 0.406. The SMILES string of the molecule is Cc1nc(CO)c(-c2c(-c3cccc(C#N)c3F)nc(N)c3nn(Cc4ccccn4)nc23)o1. The van der Waals surface area contributed by atoms with Crippen LogP contribution in [-0.2, 0) is 13.2 Å². The van der Waals surface area contributed by atoms with Crippen LogP contribution in [0.1, 0.15) is 22.8 Å². The number of hydrogen-bond donors (Lipinski definition) is 2. The molecule has 0 bridgehead atoms. The fraction of sp³-hybridized carbons (Fsp3) is 0.130. The molecule has 0 aliphatic carbocycles. The molecule has 0 spiro atoms. The molecule has 0 aliphatic heterocycles. The Labute approximate surface area is 192 Å². The van der Waals surface area contributed by atoms with Gasteiger partial charge in [-0.2, -0.15) is 15.2 Å². The summed E-state index contributed by atoms with van der Waals surface area (Å²) < 4.78 is 21.0. The summed E-state index contributed by atoms with van der Waals surface area (Å²) in [6.45, 7) is 1.45. The summed E-state index contributed by atoms with van der Waals surface area (Å²) >= 11 is 0. The first-order chi connectivity index (χ1) is 16.5. The number of fused-ring (bicyclic) bond motifs is 1. The molecule has 1 aromatic carbocycles. The summed E-state index contributed by atoms with van der Waals surface area (Å²) in [5.74, 6) is -0.286. The van der Waals surface area contributed by atoms with Crippen molar-refractivity contribution in [2.75, 3.05) is 5.73 Å². The Morgan fingerprint density at radius 2 is 1.97 bits per heavy atom. The van der Waals surface area contributed by atoms with Crippen LogP contribution in [0.15, 0.2) is 47.0 Å². The lowest BCUT2D eigenvalue weighted by Gasteiger charge is -2.11. The summed E-state index contributed by atoms with van der Waals surface area (Å²) in [6, 6.07) is 11.7. The third-order valence-electron chi connectivity index (χ3n) is 5.19. The molecule has 168 valence electrons. The number of nitriles is 1. The van der Waals surface area contributed by atoms with Gasteiger partial charge >= 0.3 is 0 Å². The van der Waals surface area contributed by atoms with E-state index in [4.69, 9.17) is 10.2 Å². The number of anilines is 1. The van der Waals surface area contributed by atoms with E-state index in [0.717, 1.165) is 5.69 Å². The molecule has 0 aliphatic rings. The van der Waals surface area contributed by atoms with E-state index in [1.165, 1.54) is 16.9 Å². The number of benzene rings is 1. The van der Waals surface area contributed by atoms with Crippen LogP contribution in [-0.4, -0.2) is 35.1 Å². The summed E-state index contributed by atoms with van der Waals surface area (Å²) in [5.41, 5.74) is 7.94. The first kappa shape index (κ1) is 21.2. The molecule has 0 radical (unpaired) electrons. The normalized spacial score (nSPS) is 11.1. The van der Waals surface area contributed by atoms with Crippen molar-refractivity contribution >= 4 is 16.9 Å². The second-order valence-corrected chi connectivity index (χ2v) is 7.42.